The van der Waals surface area contributed by atoms with Crippen molar-refractivity contribution < 1.29 is 9.53 Å². The monoisotopic (exact) mass is 262 g/mol. The van der Waals surface area contributed by atoms with Crippen molar-refractivity contribution >= 4 is 5.91 Å². The van der Waals surface area contributed by atoms with E-state index in [1.165, 1.54) is 0 Å². The molecule has 0 saturated carbocycles. The molecule has 1 unspecified atom stereocenters. The lowest BCUT2D eigenvalue weighted by Crippen LogP contribution is -2.43. The standard InChI is InChI=1S/C15H22N2O2/c16-9-10-17(12-13-6-2-1-3-7-13)15(18)14-8-4-5-11-19-14/h1-3,6-7,14H,4-5,8-12,16H2. The van der Waals surface area contributed by atoms with Gasteiger partial charge in [0.2, 0.25) is 0 Å². The Kier molecular flexibility index (Phi) is 5.36. The van der Waals surface area contributed by atoms with Gasteiger partial charge in [-0.15, -0.1) is 0 Å². The van der Waals surface area contributed by atoms with Crippen molar-refractivity contribution in [1.29, 1.82) is 0 Å². The molecule has 0 aromatic heterocycles. The van der Waals surface area contributed by atoms with Crippen LogP contribution in [0.25, 0.3) is 0 Å². The molecule has 0 radical (unpaired) electrons. The second-order valence-electron chi connectivity index (χ2n) is 4.89. The summed E-state index contributed by atoms with van der Waals surface area (Å²) in [6.45, 7) is 2.35. The van der Waals surface area contributed by atoms with E-state index in [4.69, 9.17) is 10.5 Å². The van der Waals surface area contributed by atoms with Crippen LogP contribution >= 0.6 is 0 Å². The van der Waals surface area contributed by atoms with E-state index in [0.717, 1.165) is 24.8 Å². The molecule has 0 aliphatic carbocycles. The fourth-order valence-electron chi connectivity index (χ4n) is 2.37. The number of hydrogen-bond donors (Lipinski definition) is 1. The maximum atomic E-state index is 12.4. The van der Waals surface area contributed by atoms with Gasteiger partial charge in [0, 0.05) is 26.2 Å². The van der Waals surface area contributed by atoms with E-state index in [1.807, 2.05) is 35.2 Å². The zero-order valence-electron chi connectivity index (χ0n) is 11.3. The second-order valence-corrected chi connectivity index (χ2v) is 4.89. The predicted molar refractivity (Wildman–Crippen MR) is 74.5 cm³/mol. The molecule has 1 heterocycles. The van der Waals surface area contributed by atoms with Gasteiger partial charge in [-0.1, -0.05) is 30.3 Å². The Morgan fingerprint density at radius 3 is 2.74 bits per heavy atom. The largest absolute Gasteiger partial charge is 0.368 e. The summed E-state index contributed by atoms with van der Waals surface area (Å²) < 4.78 is 5.57. The number of benzene rings is 1. The van der Waals surface area contributed by atoms with E-state index in [2.05, 4.69) is 0 Å². The molecule has 4 heteroatoms. The number of carbonyl (C=O) groups excluding carboxylic acids is 1. The first-order chi connectivity index (χ1) is 9.31. The minimum absolute atomic E-state index is 0.0778. The summed E-state index contributed by atoms with van der Waals surface area (Å²) >= 11 is 0. The Morgan fingerprint density at radius 2 is 2.11 bits per heavy atom. The minimum Gasteiger partial charge on any atom is -0.368 e. The van der Waals surface area contributed by atoms with Gasteiger partial charge in [-0.25, -0.2) is 0 Å². The number of ether oxygens (including phenoxy) is 1. The Hall–Kier alpha value is -1.39. The van der Waals surface area contributed by atoms with Crippen molar-refractivity contribution in [1.82, 2.24) is 4.90 Å². The average Bonchev–Trinajstić information content (AvgIpc) is 2.48. The first kappa shape index (κ1) is 14.0. The van der Waals surface area contributed by atoms with E-state index < -0.39 is 0 Å². The lowest BCUT2D eigenvalue weighted by Gasteiger charge is -2.29. The number of nitrogens with zero attached hydrogens (tertiary/aromatic N) is 1. The van der Waals surface area contributed by atoms with Crippen LogP contribution < -0.4 is 5.73 Å². The molecule has 1 aromatic carbocycles. The smallest absolute Gasteiger partial charge is 0.252 e. The van der Waals surface area contributed by atoms with Gasteiger partial charge in [0.15, 0.2) is 0 Å². The minimum atomic E-state index is -0.274. The second kappa shape index (κ2) is 7.26. The van der Waals surface area contributed by atoms with Gasteiger partial charge in [-0.05, 0) is 24.8 Å². The van der Waals surface area contributed by atoms with Crippen molar-refractivity contribution in [3.05, 3.63) is 35.9 Å². The van der Waals surface area contributed by atoms with Crippen LogP contribution in [-0.2, 0) is 16.1 Å². The molecule has 2 rings (SSSR count). The van der Waals surface area contributed by atoms with Crippen molar-refractivity contribution in [2.75, 3.05) is 19.7 Å². The molecule has 1 fully saturated rings. The summed E-state index contributed by atoms with van der Waals surface area (Å²) in [7, 11) is 0. The lowest BCUT2D eigenvalue weighted by atomic mass is 10.1. The topological polar surface area (TPSA) is 55.6 Å². The van der Waals surface area contributed by atoms with Crippen LogP contribution in [0.1, 0.15) is 24.8 Å². The molecule has 1 aliphatic rings. The predicted octanol–water partition coefficient (Wildman–Crippen LogP) is 1.54. The summed E-state index contributed by atoms with van der Waals surface area (Å²) in [5.74, 6) is 0.0778. The van der Waals surface area contributed by atoms with Gasteiger partial charge in [0.1, 0.15) is 6.10 Å². The maximum absolute atomic E-state index is 12.4. The quantitative estimate of drug-likeness (QED) is 0.875. The third-order valence-electron chi connectivity index (χ3n) is 3.38. The molecule has 19 heavy (non-hydrogen) atoms. The van der Waals surface area contributed by atoms with Crippen LogP contribution in [0.5, 0.6) is 0 Å². The van der Waals surface area contributed by atoms with Gasteiger partial charge >= 0.3 is 0 Å². The highest BCUT2D eigenvalue weighted by atomic mass is 16.5. The summed E-state index contributed by atoms with van der Waals surface area (Å²) in [4.78, 5) is 14.2. The molecule has 1 aromatic rings. The molecule has 0 bridgehead atoms. The fraction of sp³-hybridized carbons (Fsp3) is 0.533. The van der Waals surface area contributed by atoms with Crippen LogP contribution in [0, 0.1) is 0 Å². The van der Waals surface area contributed by atoms with Gasteiger partial charge in [0.25, 0.3) is 5.91 Å². The summed E-state index contributed by atoms with van der Waals surface area (Å²) in [5.41, 5.74) is 6.74. The molecular formula is C15H22N2O2. The van der Waals surface area contributed by atoms with Crippen molar-refractivity contribution in [3.63, 3.8) is 0 Å². The number of hydrogen-bond acceptors (Lipinski definition) is 3. The zero-order chi connectivity index (χ0) is 13.5. The van der Waals surface area contributed by atoms with Gasteiger partial charge in [-0.3, -0.25) is 4.79 Å². The molecule has 1 amide bonds. The lowest BCUT2D eigenvalue weighted by molar-refractivity contribution is -0.147. The highest BCUT2D eigenvalue weighted by molar-refractivity contribution is 5.81. The van der Waals surface area contributed by atoms with Crippen LogP contribution in [0.3, 0.4) is 0 Å². The molecule has 104 valence electrons. The van der Waals surface area contributed by atoms with Gasteiger partial charge in [-0.2, -0.15) is 0 Å². The Balaban J connectivity index is 2.00. The van der Waals surface area contributed by atoms with Crippen molar-refractivity contribution in [2.45, 2.75) is 31.9 Å². The number of nitrogens with two attached hydrogens (primary N) is 1. The summed E-state index contributed by atoms with van der Waals surface area (Å²) in [5, 5.41) is 0. The van der Waals surface area contributed by atoms with Crippen LogP contribution in [-0.4, -0.2) is 36.6 Å². The number of rotatable bonds is 5. The molecule has 0 spiro atoms. The molecule has 1 saturated heterocycles. The molecule has 2 N–H and O–H groups in total. The Labute approximate surface area is 114 Å². The van der Waals surface area contributed by atoms with E-state index in [-0.39, 0.29) is 12.0 Å². The number of amides is 1. The molecular weight excluding hydrogens is 240 g/mol. The normalized spacial score (nSPS) is 19.1. The highest BCUT2D eigenvalue weighted by Crippen LogP contribution is 2.16. The van der Waals surface area contributed by atoms with E-state index in [0.29, 0.717) is 26.2 Å². The highest BCUT2D eigenvalue weighted by Gasteiger charge is 2.26. The average molecular weight is 262 g/mol. The molecule has 1 aliphatic heterocycles. The van der Waals surface area contributed by atoms with E-state index in [9.17, 15) is 4.79 Å². The van der Waals surface area contributed by atoms with Gasteiger partial charge in [0.05, 0.1) is 0 Å². The maximum Gasteiger partial charge on any atom is 0.252 e. The van der Waals surface area contributed by atoms with Crippen LogP contribution in [0.15, 0.2) is 30.3 Å². The third-order valence-corrected chi connectivity index (χ3v) is 3.38. The first-order valence-corrected chi connectivity index (χ1v) is 6.95. The Morgan fingerprint density at radius 1 is 1.32 bits per heavy atom. The van der Waals surface area contributed by atoms with Crippen LogP contribution in [0.2, 0.25) is 0 Å². The van der Waals surface area contributed by atoms with Crippen molar-refractivity contribution in [3.8, 4) is 0 Å². The third kappa shape index (κ3) is 4.04. The van der Waals surface area contributed by atoms with E-state index in [1.54, 1.807) is 0 Å². The first-order valence-electron chi connectivity index (χ1n) is 6.95. The van der Waals surface area contributed by atoms with Gasteiger partial charge < -0.3 is 15.4 Å². The molecule has 4 nitrogen and oxygen atoms in total. The summed E-state index contributed by atoms with van der Waals surface area (Å²) in [6.07, 6.45) is 2.68. The zero-order valence-corrected chi connectivity index (χ0v) is 11.3. The SMILES string of the molecule is NCCN(Cc1ccccc1)C(=O)C1CCCCO1. The number of carbonyl (C=O) groups is 1. The summed E-state index contributed by atoms with van der Waals surface area (Å²) in [6, 6.07) is 10.00. The van der Waals surface area contributed by atoms with Crippen LogP contribution in [0.4, 0.5) is 0 Å². The Bertz CT molecular complexity index is 388. The molecule has 1 atom stereocenters. The fourth-order valence-corrected chi connectivity index (χ4v) is 2.37. The van der Waals surface area contributed by atoms with E-state index >= 15 is 0 Å². The van der Waals surface area contributed by atoms with Crippen molar-refractivity contribution in [2.24, 2.45) is 5.73 Å².